The van der Waals surface area contributed by atoms with Gasteiger partial charge in [0.05, 0.1) is 13.2 Å². The van der Waals surface area contributed by atoms with Crippen molar-refractivity contribution in [2.75, 3.05) is 25.5 Å². The van der Waals surface area contributed by atoms with E-state index in [0.717, 1.165) is 5.75 Å². The molecule has 0 saturated carbocycles. The largest absolute Gasteiger partial charge is 0.480 e. The van der Waals surface area contributed by atoms with E-state index in [1.807, 2.05) is 18.2 Å². The molecule has 0 aromatic heterocycles. The number of ether oxygens (including phenoxy) is 1. The number of carboxylic acid groups (broad SMARTS) is 1. The molecule has 0 saturated heterocycles. The van der Waals surface area contributed by atoms with Crippen LogP contribution in [0.3, 0.4) is 0 Å². The van der Waals surface area contributed by atoms with Gasteiger partial charge in [-0.25, -0.2) is 0 Å². The molecular formula is C15H24N2O4S. The minimum atomic E-state index is -0.977. The summed E-state index contributed by atoms with van der Waals surface area (Å²) in [5.41, 5.74) is 5.21. The lowest BCUT2D eigenvalue weighted by Gasteiger charge is -2.15. The molecule has 0 heterocycles. The average molecular weight is 328 g/mol. The monoisotopic (exact) mass is 328 g/mol. The van der Waals surface area contributed by atoms with Gasteiger partial charge in [0, 0.05) is 17.2 Å². The highest BCUT2D eigenvalue weighted by atomic mass is 32.2. The van der Waals surface area contributed by atoms with Crippen LogP contribution < -0.4 is 11.1 Å². The van der Waals surface area contributed by atoms with Crippen molar-refractivity contribution in [1.29, 1.82) is 0 Å². The predicted octanol–water partition coefficient (Wildman–Crippen LogP) is 0.895. The number of rotatable bonds is 12. The van der Waals surface area contributed by atoms with E-state index in [9.17, 15) is 4.79 Å². The topological polar surface area (TPSA) is 105 Å². The summed E-state index contributed by atoms with van der Waals surface area (Å²) in [6.45, 7) is 1.51. The first-order chi connectivity index (χ1) is 10.6. The number of benzene rings is 1. The Hall–Kier alpha value is -1.12. The van der Waals surface area contributed by atoms with E-state index >= 15 is 0 Å². The van der Waals surface area contributed by atoms with Gasteiger partial charge < -0.3 is 26.0 Å². The van der Waals surface area contributed by atoms with Gasteiger partial charge in [-0.2, -0.15) is 0 Å². The van der Waals surface area contributed by atoms with Crippen molar-refractivity contribution in [2.24, 2.45) is 5.73 Å². The van der Waals surface area contributed by atoms with Gasteiger partial charge in [-0.3, -0.25) is 4.79 Å². The maximum Gasteiger partial charge on any atom is 0.320 e. The standard InChI is InChI=1S/C15H24N2O4S/c16-14(18)7-6-13(15(19)20)17-8-9-21-10-11-22-12-4-2-1-3-5-12/h1-5,13-14,17-18H,6-11,16H2,(H,19,20). The number of thioether (sulfide) groups is 1. The highest BCUT2D eigenvalue weighted by Crippen LogP contribution is 2.16. The van der Waals surface area contributed by atoms with E-state index in [1.54, 1.807) is 11.8 Å². The summed E-state index contributed by atoms with van der Waals surface area (Å²) in [6, 6.07) is 9.37. The third-order valence-corrected chi connectivity index (χ3v) is 3.90. The Labute approximate surface area is 135 Å². The number of hydrogen-bond acceptors (Lipinski definition) is 6. The van der Waals surface area contributed by atoms with Crippen LogP contribution in [0, 0.1) is 0 Å². The maximum atomic E-state index is 11.0. The number of nitrogens with one attached hydrogen (secondary N) is 1. The highest BCUT2D eigenvalue weighted by molar-refractivity contribution is 7.99. The van der Waals surface area contributed by atoms with Gasteiger partial charge in [-0.15, -0.1) is 11.8 Å². The fourth-order valence-electron chi connectivity index (χ4n) is 1.79. The molecule has 1 aromatic carbocycles. The zero-order chi connectivity index (χ0) is 16.2. The van der Waals surface area contributed by atoms with Crippen molar-refractivity contribution in [2.45, 2.75) is 30.0 Å². The Morgan fingerprint density at radius 2 is 2.00 bits per heavy atom. The Bertz CT molecular complexity index is 417. The minimum absolute atomic E-state index is 0.249. The summed E-state index contributed by atoms with van der Waals surface area (Å²) in [4.78, 5) is 12.2. The number of aliphatic hydroxyl groups excluding tert-OH is 1. The Morgan fingerprint density at radius 3 is 2.64 bits per heavy atom. The molecule has 22 heavy (non-hydrogen) atoms. The van der Waals surface area contributed by atoms with Crippen molar-refractivity contribution in [3.05, 3.63) is 30.3 Å². The Kier molecular flexibility index (Phi) is 9.85. The summed E-state index contributed by atoms with van der Waals surface area (Å²) in [5.74, 6) is -0.0913. The number of hydrogen-bond donors (Lipinski definition) is 4. The highest BCUT2D eigenvalue weighted by Gasteiger charge is 2.16. The molecule has 2 atom stereocenters. The molecule has 0 amide bonds. The second-order valence-corrected chi connectivity index (χ2v) is 5.93. The van der Waals surface area contributed by atoms with Crippen LogP contribution in [0.2, 0.25) is 0 Å². The molecule has 0 spiro atoms. The lowest BCUT2D eigenvalue weighted by molar-refractivity contribution is -0.139. The molecule has 0 aliphatic carbocycles. The summed E-state index contributed by atoms with van der Waals surface area (Å²) in [5, 5.41) is 20.9. The first kappa shape index (κ1) is 18.9. The van der Waals surface area contributed by atoms with Crippen LogP contribution in [0.15, 0.2) is 35.2 Å². The van der Waals surface area contributed by atoms with E-state index in [1.165, 1.54) is 4.90 Å². The molecule has 124 valence electrons. The quantitative estimate of drug-likeness (QED) is 0.257. The fraction of sp³-hybridized carbons (Fsp3) is 0.533. The van der Waals surface area contributed by atoms with E-state index in [2.05, 4.69) is 17.4 Å². The van der Waals surface area contributed by atoms with Crippen LogP contribution in [0.4, 0.5) is 0 Å². The van der Waals surface area contributed by atoms with Gasteiger partial charge in [0.25, 0.3) is 0 Å². The molecule has 5 N–H and O–H groups in total. The average Bonchev–Trinajstić information content (AvgIpc) is 2.49. The summed E-state index contributed by atoms with van der Waals surface area (Å²) < 4.78 is 5.46. The van der Waals surface area contributed by atoms with Crippen LogP contribution in [0.5, 0.6) is 0 Å². The molecule has 0 bridgehead atoms. The van der Waals surface area contributed by atoms with Crippen molar-refractivity contribution in [1.82, 2.24) is 5.32 Å². The lowest BCUT2D eigenvalue weighted by Crippen LogP contribution is -2.39. The van der Waals surface area contributed by atoms with Crippen LogP contribution in [0.25, 0.3) is 0 Å². The molecule has 1 rings (SSSR count). The molecule has 0 radical (unpaired) electrons. The number of aliphatic carboxylic acids is 1. The number of aliphatic hydroxyl groups is 1. The normalized spacial score (nSPS) is 13.7. The fourth-order valence-corrected chi connectivity index (χ4v) is 2.58. The first-order valence-corrected chi connectivity index (χ1v) is 8.23. The summed E-state index contributed by atoms with van der Waals surface area (Å²) in [7, 11) is 0. The van der Waals surface area contributed by atoms with Gasteiger partial charge in [0.1, 0.15) is 12.3 Å². The number of nitrogens with two attached hydrogens (primary N) is 1. The first-order valence-electron chi connectivity index (χ1n) is 7.25. The number of carboxylic acids is 1. The van der Waals surface area contributed by atoms with Crippen LogP contribution >= 0.6 is 11.8 Å². The van der Waals surface area contributed by atoms with Crippen molar-refractivity contribution in [3.8, 4) is 0 Å². The van der Waals surface area contributed by atoms with E-state index in [4.69, 9.17) is 20.7 Å². The molecular weight excluding hydrogens is 304 g/mol. The lowest BCUT2D eigenvalue weighted by atomic mass is 10.1. The van der Waals surface area contributed by atoms with Crippen molar-refractivity contribution >= 4 is 17.7 Å². The van der Waals surface area contributed by atoms with E-state index in [-0.39, 0.29) is 12.8 Å². The second-order valence-electron chi connectivity index (χ2n) is 4.76. The van der Waals surface area contributed by atoms with Crippen LogP contribution in [-0.2, 0) is 9.53 Å². The van der Waals surface area contributed by atoms with E-state index in [0.29, 0.717) is 19.8 Å². The smallest absolute Gasteiger partial charge is 0.320 e. The molecule has 6 nitrogen and oxygen atoms in total. The SMILES string of the molecule is NC(O)CCC(NCCOCCSc1ccccc1)C(=O)O. The zero-order valence-corrected chi connectivity index (χ0v) is 13.3. The Balaban J connectivity index is 2.04. The van der Waals surface area contributed by atoms with Gasteiger partial charge in [0.15, 0.2) is 0 Å². The number of carbonyl (C=O) groups is 1. The van der Waals surface area contributed by atoms with Crippen LogP contribution in [0.1, 0.15) is 12.8 Å². The predicted molar refractivity (Wildman–Crippen MR) is 86.8 cm³/mol. The molecule has 0 aliphatic heterocycles. The molecule has 0 aliphatic rings. The molecule has 0 fully saturated rings. The minimum Gasteiger partial charge on any atom is -0.480 e. The zero-order valence-electron chi connectivity index (χ0n) is 12.5. The summed E-state index contributed by atoms with van der Waals surface area (Å²) >= 11 is 1.72. The van der Waals surface area contributed by atoms with Crippen molar-refractivity contribution < 1.29 is 19.7 Å². The van der Waals surface area contributed by atoms with E-state index < -0.39 is 18.2 Å². The maximum absolute atomic E-state index is 11.0. The van der Waals surface area contributed by atoms with Crippen LogP contribution in [-0.4, -0.2) is 54.0 Å². The van der Waals surface area contributed by atoms with Gasteiger partial charge >= 0.3 is 5.97 Å². The third kappa shape index (κ3) is 9.01. The van der Waals surface area contributed by atoms with Crippen molar-refractivity contribution in [3.63, 3.8) is 0 Å². The second kappa shape index (κ2) is 11.4. The summed E-state index contributed by atoms with van der Waals surface area (Å²) in [6.07, 6.45) is -0.440. The third-order valence-electron chi connectivity index (χ3n) is 2.93. The molecule has 7 heteroatoms. The van der Waals surface area contributed by atoms with Gasteiger partial charge in [-0.1, -0.05) is 18.2 Å². The molecule has 2 unspecified atom stereocenters. The van der Waals surface area contributed by atoms with Gasteiger partial charge in [-0.05, 0) is 25.0 Å². The Morgan fingerprint density at radius 1 is 1.27 bits per heavy atom. The van der Waals surface area contributed by atoms with Gasteiger partial charge in [0.2, 0.25) is 0 Å². The molecule has 1 aromatic rings.